The van der Waals surface area contributed by atoms with Crippen LogP contribution < -0.4 is 0 Å². The molecule has 0 spiro atoms. The van der Waals surface area contributed by atoms with Crippen molar-refractivity contribution >= 4 is 12.9 Å². The van der Waals surface area contributed by atoms with Crippen LogP contribution in [0.1, 0.15) is 19.3 Å². The Bertz CT molecular complexity index is 202. The summed E-state index contributed by atoms with van der Waals surface area (Å²) in [6.45, 7) is 2.85. The van der Waals surface area contributed by atoms with Gasteiger partial charge in [0.05, 0.1) is 12.2 Å². The van der Waals surface area contributed by atoms with Gasteiger partial charge in [-0.1, -0.05) is 12.9 Å². The van der Waals surface area contributed by atoms with Crippen LogP contribution in [-0.4, -0.2) is 25.2 Å². The maximum absolute atomic E-state index is 10.1. The van der Waals surface area contributed by atoms with Crippen molar-refractivity contribution in [3.63, 3.8) is 0 Å². The molecule has 6 heteroatoms. The molecule has 2 fully saturated rings. The average Bonchev–Trinajstić information content (AvgIpc) is 2.69. The maximum atomic E-state index is 10.1. The first-order valence-corrected chi connectivity index (χ1v) is 4.42. The molecule has 15 heavy (non-hydrogen) atoms. The third-order valence-corrected chi connectivity index (χ3v) is 3.14. The minimum atomic E-state index is -0.280. The molecule has 0 aromatic heterocycles. The third-order valence-electron chi connectivity index (χ3n) is 3.14. The number of hydrogen-bond donors (Lipinski definition) is 0. The van der Waals surface area contributed by atoms with Crippen LogP contribution in [-0.2, 0) is 19.1 Å². The van der Waals surface area contributed by atoms with Gasteiger partial charge in [0.1, 0.15) is 0 Å². The van der Waals surface area contributed by atoms with Crippen molar-refractivity contribution in [2.45, 2.75) is 31.5 Å². The molecule has 2 saturated carbocycles. The van der Waals surface area contributed by atoms with Gasteiger partial charge >= 0.3 is 0 Å². The SMILES string of the molecule is O=[C-]OC1C2CCC(C2)C1O[C-]=O.[Rf].[Rf]. The van der Waals surface area contributed by atoms with Crippen molar-refractivity contribution in [2.24, 2.45) is 11.8 Å². The number of rotatable bonds is 4. The zero-order chi connectivity index (χ0) is 9.26. The Hall–Kier alpha value is -3.06. The fourth-order valence-corrected chi connectivity index (χ4v) is 2.62. The van der Waals surface area contributed by atoms with Crippen molar-refractivity contribution in [1.82, 2.24) is 0 Å². The van der Waals surface area contributed by atoms with Gasteiger partial charge in [0.2, 0.25) is 0 Å². The van der Waals surface area contributed by atoms with Gasteiger partial charge in [-0.15, -0.1) is 0 Å². The second kappa shape index (κ2) is 4.25. The first-order valence-electron chi connectivity index (χ1n) is 4.42. The molecule has 2 aliphatic carbocycles. The smallest absolute Gasteiger partial charge is 0.0976 e. The van der Waals surface area contributed by atoms with Gasteiger partial charge in [-0.05, 0) is 31.1 Å². The molecule has 0 aromatic carbocycles. The van der Waals surface area contributed by atoms with E-state index >= 15 is 0 Å². The van der Waals surface area contributed by atoms with E-state index in [4.69, 9.17) is 9.47 Å². The van der Waals surface area contributed by atoms with Crippen LogP contribution in [0.4, 0.5) is 0 Å². The minimum absolute atomic E-state index is 0. The zero-order valence-corrected chi connectivity index (χ0v) is 21.3. The molecule has 0 radical (unpaired) electrons. The molecule has 0 N–H and O–H groups in total. The van der Waals surface area contributed by atoms with Gasteiger partial charge in [-0.25, -0.2) is 0 Å². The Kier molecular flexibility index (Phi) is 3.39. The molecule has 4 nitrogen and oxygen atoms in total. The summed E-state index contributed by atoms with van der Waals surface area (Å²) in [4.78, 5) is 20.2. The average molecular weight is 716 g/mol. The summed E-state index contributed by atoms with van der Waals surface area (Å²) in [7, 11) is 0. The zero-order valence-electron chi connectivity index (χ0n) is 8.48. The molecular formula is C9H10O4Rf2-2. The molecule has 0 saturated heterocycles. The van der Waals surface area contributed by atoms with Crippen molar-refractivity contribution in [2.75, 3.05) is 0 Å². The minimum Gasteiger partial charge on any atom is -0.648 e. The number of carbonyl (C=O) groups excluding carboxylic acids is 2. The standard InChI is InChI=1S/C9H10O4.2Rf/c10-4-12-8-6-1-2-7(3-6)9(8)13-5-11;;/h6-9H,1-3H2;;/q-2;;. The monoisotopic (exact) mass is 716 g/mol. The maximum Gasteiger partial charge on any atom is 0.0976 e. The van der Waals surface area contributed by atoms with Crippen LogP contribution in [0.5, 0.6) is 0 Å². The van der Waals surface area contributed by atoms with Gasteiger partial charge < -0.3 is 19.1 Å². The summed E-state index contributed by atoms with van der Waals surface area (Å²) < 4.78 is 9.58. The second-order valence-corrected chi connectivity index (χ2v) is 3.66. The van der Waals surface area contributed by atoms with E-state index in [9.17, 15) is 9.59 Å². The van der Waals surface area contributed by atoms with Crippen LogP contribution in [0.25, 0.3) is 0 Å². The Morgan fingerprint density at radius 3 is 1.60 bits per heavy atom. The number of fused-ring (bicyclic) bond motifs is 2. The predicted octanol–water partition coefficient (Wildman–Crippen LogP) is 0.321. The molecule has 2 bridgehead atoms. The first kappa shape index (κ1) is 11.9. The molecule has 0 heterocycles. The van der Waals surface area contributed by atoms with E-state index in [2.05, 4.69) is 0 Å². The van der Waals surface area contributed by atoms with E-state index in [1.165, 1.54) is 12.9 Å². The second-order valence-electron chi connectivity index (χ2n) is 3.66. The molecular weight excluding hydrogens is 706 g/mol. The van der Waals surface area contributed by atoms with Gasteiger partial charge in [0.15, 0.2) is 0 Å². The first-order chi connectivity index (χ1) is 6.36. The van der Waals surface area contributed by atoms with Crippen LogP contribution >= 0.6 is 0 Å². The van der Waals surface area contributed by atoms with Crippen molar-refractivity contribution in [3.05, 3.63) is 0 Å². The van der Waals surface area contributed by atoms with E-state index in [1.807, 2.05) is 0 Å². The van der Waals surface area contributed by atoms with Crippen molar-refractivity contribution in [1.29, 1.82) is 0 Å². The third kappa shape index (κ3) is 1.53. The topological polar surface area (TPSA) is 52.6 Å². The molecule has 4 atom stereocenters. The molecule has 2 rings (SSSR count). The Labute approximate surface area is 76.2 Å². The van der Waals surface area contributed by atoms with E-state index in [1.54, 1.807) is 0 Å². The van der Waals surface area contributed by atoms with Crippen LogP contribution in [0, 0.1) is 11.8 Å². The Morgan fingerprint density at radius 2 is 1.27 bits per heavy atom. The van der Waals surface area contributed by atoms with Crippen molar-refractivity contribution < 1.29 is 19.1 Å². The summed E-state index contributed by atoms with van der Waals surface area (Å²) in [6, 6.07) is 0. The van der Waals surface area contributed by atoms with E-state index in [-0.39, 0.29) is 12.2 Å². The number of hydrogen-bond acceptors (Lipinski definition) is 4. The van der Waals surface area contributed by atoms with Gasteiger partial charge in [-0.2, -0.15) is 0 Å². The van der Waals surface area contributed by atoms with Gasteiger partial charge in [-0.3, -0.25) is 0 Å². The summed E-state index contributed by atoms with van der Waals surface area (Å²) in [5.74, 6) is 0.703. The molecule has 4 unspecified atom stereocenters. The van der Waals surface area contributed by atoms with Crippen LogP contribution in [0.2, 0.25) is 0 Å². The largest absolute Gasteiger partial charge is 0.648 e. The van der Waals surface area contributed by atoms with E-state index < -0.39 is 0 Å². The molecule has 0 aliphatic heterocycles. The molecule has 0 aromatic rings. The summed E-state index contributed by atoms with van der Waals surface area (Å²) in [5, 5.41) is 0. The quantitative estimate of drug-likeness (QED) is 0.394. The van der Waals surface area contributed by atoms with Gasteiger partial charge in [0, 0.05) is 0 Å². The molecule has 0 amide bonds. The Balaban J connectivity index is 0.000000980. The molecule has 2 aliphatic rings. The summed E-state index contributed by atoms with van der Waals surface area (Å²) >= 11 is 0. The summed E-state index contributed by atoms with van der Waals surface area (Å²) in [6.07, 6.45) is 2.53. The van der Waals surface area contributed by atoms with E-state index in [0.717, 1.165) is 19.3 Å². The van der Waals surface area contributed by atoms with Crippen LogP contribution in [0.15, 0.2) is 0 Å². The van der Waals surface area contributed by atoms with Gasteiger partial charge in [0.25, 0.3) is 0 Å². The van der Waals surface area contributed by atoms with Crippen LogP contribution in [0.3, 0.4) is 0 Å². The van der Waals surface area contributed by atoms with E-state index in [0.29, 0.717) is 11.8 Å². The fraction of sp³-hybridized carbons (Fsp3) is 0.778. The molecule has 76 valence electrons. The van der Waals surface area contributed by atoms with Crippen molar-refractivity contribution in [3.8, 4) is 0 Å². The number of ether oxygens (including phenoxy) is 2. The predicted molar refractivity (Wildman–Crippen MR) is 42.0 cm³/mol. The fourth-order valence-electron chi connectivity index (χ4n) is 2.62. The summed E-state index contributed by atoms with van der Waals surface area (Å²) in [5.41, 5.74) is 0. The Morgan fingerprint density at radius 1 is 0.867 bits per heavy atom. The normalized spacial score (nSPS) is 36.0.